The molecule has 1 heteroatoms. The van der Waals surface area contributed by atoms with Gasteiger partial charge in [0.2, 0.25) is 0 Å². The summed E-state index contributed by atoms with van der Waals surface area (Å²) in [5, 5.41) is 2.65. The van der Waals surface area contributed by atoms with Crippen LogP contribution >= 0.6 is 0 Å². The minimum atomic E-state index is 0.817. The minimum absolute atomic E-state index is 0.817. The first kappa shape index (κ1) is 11.2. The summed E-state index contributed by atoms with van der Waals surface area (Å²) in [5.74, 6) is 0. The highest BCUT2D eigenvalue weighted by atomic mass is 16.5. The van der Waals surface area contributed by atoms with Crippen LogP contribution in [-0.4, -0.2) is 13.2 Å². The van der Waals surface area contributed by atoms with E-state index in [1.807, 2.05) is 6.92 Å². The highest BCUT2D eigenvalue weighted by molar-refractivity contribution is 5.82. The molecule has 0 atom stereocenters. The molecule has 0 saturated carbocycles. The first-order chi connectivity index (χ1) is 7.90. The molecule has 0 aliphatic rings. The van der Waals surface area contributed by atoms with Gasteiger partial charge >= 0.3 is 0 Å². The highest BCUT2D eigenvalue weighted by Crippen LogP contribution is 2.16. The largest absolute Gasteiger partial charge is 0.382 e. The van der Waals surface area contributed by atoms with Crippen LogP contribution in [0.25, 0.3) is 10.8 Å². The normalized spacial score (nSPS) is 10.8. The summed E-state index contributed by atoms with van der Waals surface area (Å²) < 4.78 is 5.34. The molecule has 0 aliphatic carbocycles. The Kier molecular flexibility index (Phi) is 3.95. The van der Waals surface area contributed by atoms with E-state index in [0.29, 0.717) is 0 Å². The number of benzene rings is 2. The van der Waals surface area contributed by atoms with E-state index in [-0.39, 0.29) is 0 Å². The van der Waals surface area contributed by atoms with Gasteiger partial charge in [-0.25, -0.2) is 0 Å². The lowest BCUT2D eigenvalue weighted by Crippen LogP contribution is -1.95. The van der Waals surface area contributed by atoms with Crippen molar-refractivity contribution in [1.29, 1.82) is 0 Å². The molecule has 0 spiro atoms. The first-order valence-electron chi connectivity index (χ1n) is 5.95. The zero-order valence-electron chi connectivity index (χ0n) is 9.78. The molecular weight excluding hydrogens is 196 g/mol. The van der Waals surface area contributed by atoms with Crippen LogP contribution in [0.15, 0.2) is 42.5 Å². The summed E-state index contributed by atoms with van der Waals surface area (Å²) in [6.45, 7) is 3.72. The van der Waals surface area contributed by atoms with Gasteiger partial charge in [0, 0.05) is 13.2 Å². The number of rotatable bonds is 5. The maximum atomic E-state index is 5.34. The quantitative estimate of drug-likeness (QED) is 0.688. The second-order valence-corrected chi connectivity index (χ2v) is 3.98. The van der Waals surface area contributed by atoms with Crippen LogP contribution in [0.2, 0.25) is 0 Å². The van der Waals surface area contributed by atoms with Crippen molar-refractivity contribution in [3.8, 4) is 0 Å². The second-order valence-electron chi connectivity index (χ2n) is 3.98. The Morgan fingerprint density at radius 2 is 1.81 bits per heavy atom. The fourth-order valence-corrected chi connectivity index (χ4v) is 1.92. The Balaban J connectivity index is 2.02. The molecule has 16 heavy (non-hydrogen) atoms. The molecule has 0 amide bonds. The third-order valence-corrected chi connectivity index (χ3v) is 2.77. The van der Waals surface area contributed by atoms with Crippen molar-refractivity contribution in [1.82, 2.24) is 0 Å². The van der Waals surface area contributed by atoms with Crippen LogP contribution in [0, 0.1) is 0 Å². The van der Waals surface area contributed by atoms with Crippen LogP contribution in [0.1, 0.15) is 18.9 Å². The van der Waals surface area contributed by atoms with Crippen LogP contribution in [0.4, 0.5) is 0 Å². The molecule has 2 aromatic rings. The predicted octanol–water partition coefficient (Wildman–Crippen LogP) is 3.81. The average Bonchev–Trinajstić information content (AvgIpc) is 2.34. The van der Waals surface area contributed by atoms with Crippen LogP contribution in [0.3, 0.4) is 0 Å². The topological polar surface area (TPSA) is 9.23 Å². The Labute approximate surface area is 97.1 Å². The Hall–Kier alpha value is -1.34. The van der Waals surface area contributed by atoms with E-state index in [0.717, 1.165) is 26.1 Å². The standard InChI is InChI=1S/C15H18O/c1-2-16-11-5-6-13-9-10-14-7-3-4-8-15(14)12-13/h3-4,7-10,12H,2,5-6,11H2,1H3. The van der Waals surface area contributed by atoms with E-state index in [1.54, 1.807) is 0 Å². The maximum absolute atomic E-state index is 5.34. The third-order valence-electron chi connectivity index (χ3n) is 2.77. The van der Waals surface area contributed by atoms with Crippen LogP contribution < -0.4 is 0 Å². The van der Waals surface area contributed by atoms with Gasteiger partial charge in [0.25, 0.3) is 0 Å². The SMILES string of the molecule is CCOCCCc1ccc2ccccc2c1. The maximum Gasteiger partial charge on any atom is 0.0469 e. The van der Waals surface area contributed by atoms with Crippen molar-refractivity contribution >= 4 is 10.8 Å². The van der Waals surface area contributed by atoms with Gasteiger partial charge in [-0.05, 0) is 36.1 Å². The monoisotopic (exact) mass is 214 g/mol. The van der Waals surface area contributed by atoms with Crippen molar-refractivity contribution in [2.45, 2.75) is 19.8 Å². The molecule has 1 nitrogen and oxygen atoms in total. The predicted molar refractivity (Wildman–Crippen MR) is 68.8 cm³/mol. The zero-order chi connectivity index (χ0) is 11.2. The molecule has 0 saturated heterocycles. The van der Waals surface area contributed by atoms with E-state index < -0.39 is 0 Å². The Morgan fingerprint density at radius 1 is 1.00 bits per heavy atom. The number of hydrogen-bond donors (Lipinski definition) is 0. The summed E-state index contributed by atoms with van der Waals surface area (Å²) in [6.07, 6.45) is 2.21. The van der Waals surface area contributed by atoms with Crippen LogP contribution in [0.5, 0.6) is 0 Å². The fourth-order valence-electron chi connectivity index (χ4n) is 1.92. The molecule has 0 bridgehead atoms. The van der Waals surface area contributed by atoms with E-state index in [2.05, 4.69) is 42.5 Å². The lowest BCUT2D eigenvalue weighted by Gasteiger charge is -2.04. The molecule has 84 valence electrons. The summed E-state index contributed by atoms with van der Waals surface area (Å²) in [5.41, 5.74) is 1.40. The fraction of sp³-hybridized carbons (Fsp3) is 0.333. The molecule has 0 aromatic heterocycles. The van der Waals surface area contributed by atoms with Crippen molar-refractivity contribution in [3.63, 3.8) is 0 Å². The molecule has 0 aliphatic heterocycles. The van der Waals surface area contributed by atoms with Gasteiger partial charge in [0.1, 0.15) is 0 Å². The molecule has 0 unspecified atom stereocenters. The van der Waals surface area contributed by atoms with Crippen molar-refractivity contribution in [3.05, 3.63) is 48.0 Å². The second kappa shape index (κ2) is 5.66. The van der Waals surface area contributed by atoms with E-state index >= 15 is 0 Å². The van der Waals surface area contributed by atoms with Crippen LogP contribution in [-0.2, 0) is 11.2 Å². The zero-order valence-corrected chi connectivity index (χ0v) is 9.78. The molecule has 0 radical (unpaired) electrons. The van der Waals surface area contributed by atoms with Gasteiger partial charge < -0.3 is 4.74 Å². The number of hydrogen-bond acceptors (Lipinski definition) is 1. The summed E-state index contributed by atoms with van der Waals surface area (Å²) in [6, 6.07) is 15.2. The smallest absolute Gasteiger partial charge is 0.0469 e. The number of aryl methyl sites for hydroxylation is 1. The molecule has 0 heterocycles. The highest BCUT2D eigenvalue weighted by Gasteiger charge is 1.96. The Bertz CT molecular complexity index is 448. The third kappa shape index (κ3) is 2.83. The molecule has 2 rings (SSSR count). The number of ether oxygens (including phenoxy) is 1. The summed E-state index contributed by atoms with van der Waals surface area (Å²) in [7, 11) is 0. The van der Waals surface area contributed by atoms with Gasteiger partial charge in [0.15, 0.2) is 0 Å². The van der Waals surface area contributed by atoms with Gasteiger partial charge in [0.05, 0.1) is 0 Å². The van der Waals surface area contributed by atoms with Crippen molar-refractivity contribution in [2.24, 2.45) is 0 Å². The van der Waals surface area contributed by atoms with Gasteiger partial charge in [-0.2, -0.15) is 0 Å². The van der Waals surface area contributed by atoms with Crippen molar-refractivity contribution in [2.75, 3.05) is 13.2 Å². The van der Waals surface area contributed by atoms with E-state index in [9.17, 15) is 0 Å². The average molecular weight is 214 g/mol. The lowest BCUT2D eigenvalue weighted by molar-refractivity contribution is 0.145. The van der Waals surface area contributed by atoms with E-state index in [1.165, 1.54) is 16.3 Å². The summed E-state index contributed by atoms with van der Waals surface area (Å²) >= 11 is 0. The Morgan fingerprint density at radius 3 is 2.62 bits per heavy atom. The minimum Gasteiger partial charge on any atom is -0.382 e. The van der Waals surface area contributed by atoms with Gasteiger partial charge in [-0.15, -0.1) is 0 Å². The van der Waals surface area contributed by atoms with E-state index in [4.69, 9.17) is 4.74 Å². The summed E-state index contributed by atoms with van der Waals surface area (Å²) in [4.78, 5) is 0. The first-order valence-corrected chi connectivity index (χ1v) is 5.95. The van der Waals surface area contributed by atoms with Gasteiger partial charge in [-0.3, -0.25) is 0 Å². The lowest BCUT2D eigenvalue weighted by atomic mass is 10.0. The number of fused-ring (bicyclic) bond motifs is 1. The van der Waals surface area contributed by atoms with Crippen molar-refractivity contribution < 1.29 is 4.74 Å². The molecular formula is C15H18O. The molecule has 0 N–H and O–H groups in total. The van der Waals surface area contributed by atoms with Gasteiger partial charge in [-0.1, -0.05) is 42.5 Å². The molecule has 0 fully saturated rings. The molecule has 2 aromatic carbocycles.